The Labute approximate surface area is 165 Å². The average Bonchev–Trinajstić information content (AvgIpc) is 2.58. The van der Waals surface area contributed by atoms with Gasteiger partial charge in [-0.3, -0.25) is 13.6 Å². The highest BCUT2D eigenvalue weighted by Crippen LogP contribution is 2.47. The molecule has 0 aliphatic carbocycles. The molecule has 0 fully saturated rings. The fourth-order valence-corrected chi connectivity index (χ4v) is 2.71. The Kier molecular flexibility index (Phi) is 9.05. The summed E-state index contributed by atoms with van der Waals surface area (Å²) in [7, 11) is -1.29. The summed E-state index contributed by atoms with van der Waals surface area (Å²) < 4.78 is 37.6. The first-order chi connectivity index (χ1) is 12.5. The quantitative estimate of drug-likeness (QED) is 0.590. The number of amides is 1. The lowest BCUT2D eigenvalue weighted by atomic mass is 10.2. The number of halogens is 1. The van der Waals surface area contributed by atoms with Crippen LogP contribution in [0.5, 0.6) is 5.75 Å². The second-order valence-electron chi connectivity index (χ2n) is 6.67. The molecule has 0 aliphatic heterocycles. The van der Waals surface area contributed by atoms with Crippen molar-refractivity contribution in [1.29, 1.82) is 0 Å². The van der Waals surface area contributed by atoms with Crippen LogP contribution in [-0.4, -0.2) is 45.2 Å². The molecule has 0 spiro atoms. The zero-order valence-electron chi connectivity index (χ0n) is 16.4. The molecule has 1 atom stereocenters. The lowest BCUT2D eigenvalue weighted by molar-refractivity contribution is 0.0447. The third kappa shape index (κ3) is 8.95. The van der Waals surface area contributed by atoms with Crippen LogP contribution in [0.1, 0.15) is 26.3 Å². The van der Waals surface area contributed by atoms with Gasteiger partial charge in [-0.2, -0.15) is 0 Å². The predicted octanol–water partition coefficient (Wildman–Crippen LogP) is 4.34. The minimum Gasteiger partial charge on any atom is -0.491 e. The molecule has 0 saturated carbocycles. The summed E-state index contributed by atoms with van der Waals surface area (Å²) >= 11 is 6.00. The van der Waals surface area contributed by atoms with Crippen LogP contribution in [0.2, 0.25) is 5.02 Å². The van der Waals surface area contributed by atoms with Gasteiger partial charge >= 0.3 is 13.9 Å². The average molecular weight is 424 g/mol. The fraction of sp³-hybridized carbons (Fsp3) is 0.588. The standard InChI is InChI=1S/C17H27ClNO7P/c1-12-9-14(7-8-15(12)18)24-10-13(11-25-27(21,22-5)23-6)19-16(20)26-17(2,3)4/h7-9,13H,10-11H2,1-6H3,(H,19,20)/t13-/m1/s1. The van der Waals surface area contributed by atoms with E-state index in [0.717, 1.165) is 5.56 Å². The summed E-state index contributed by atoms with van der Waals surface area (Å²) in [5, 5.41) is 3.24. The number of alkyl carbamates (subject to hydrolysis) is 1. The summed E-state index contributed by atoms with van der Waals surface area (Å²) in [4.78, 5) is 12.0. The molecule has 0 unspecified atom stereocenters. The van der Waals surface area contributed by atoms with Crippen molar-refractivity contribution < 1.29 is 32.4 Å². The van der Waals surface area contributed by atoms with Crippen LogP contribution in [0, 0.1) is 6.92 Å². The van der Waals surface area contributed by atoms with Crippen molar-refractivity contribution in [3.63, 3.8) is 0 Å². The van der Waals surface area contributed by atoms with Gasteiger partial charge in [0.2, 0.25) is 0 Å². The molecule has 0 aromatic heterocycles. The molecule has 0 radical (unpaired) electrons. The minimum absolute atomic E-state index is 0.0355. The maximum Gasteiger partial charge on any atom is 0.474 e. The Morgan fingerprint density at radius 3 is 2.37 bits per heavy atom. The number of carbonyl (C=O) groups is 1. The SMILES string of the molecule is COP(=O)(OC)OC[C@@H](COc1ccc(Cl)c(C)c1)NC(=O)OC(C)(C)C. The lowest BCUT2D eigenvalue weighted by Gasteiger charge is -2.24. The third-order valence-corrected chi connectivity index (χ3v) is 4.97. The molecular weight excluding hydrogens is 397 g/mol. The Hall–Kier alpha value is -1.31. The smallest absolute Gasteiger partial charge is 0.474 e. The molecule has 27 heavy (non-hydrogen) atoms. The van der Waals surface area contributed by atoms with Gasteiger partial charge in [0.15, 0.2) is 0 Å². The Morgan fingerprint density at radius 2 is 1.85 bits per heavy atom. The summed E-state index contributed by atoms with van der Waals surface area (Å²) in [6.07, 6.45) is -0.656. The van der Waals surface area contributed by atoms with Crippen molar-refractivity contribution in [2.75, 3.05) is 27.4 Å². The van der Waals surface area contributed by atoms with E-state index in [0.29, 0.717) is 10.8 Å². The first-order valence-corrected chi connectivity index (χ1v) is 10.1. The zero-order chi connectivity index (χ0) is 20.7. The van der Waals surface area contributed by atoms with E-state index in [9.17, 15) is 9.36 Å². The topological polar surface area (TPSA) is 92.3 Å². The van der Waals surface area contributed by atoms with Crippen molar-refractivity contribution in [3.05, 3.63) is 28.8 Å². The van der Waals surface area contributed by atoms with Gasteiger partial charge in [0.1, 0.15) is 18.0 Å². The number of phosphoric ester groups is 1. The van der Waals surface area contributed by atoms with Gasteiger partial charge in [0, 0.05) is 19.2 Å². The first-order valence-electron chi connectivity index (χ1n) is 8.22. The predicted molar refractivity (Wildman–Crippen MR) is 102 cm³/mol. The third-order valence-electron chi connectivity index (χ3n) is 3.18. The highest BCUT2D eigenvalue weighted by molar-refractivity contribution is 7.48. The van der Waals surface area contributed by atoms with Crippen LogP contribution in [0.15, 0.2) is 18.2 Å². The van der Waals surface area contributed by atoms with Crippen molar-refractivity contribution in [3.8, 4) is 5.75 Å². The van der Waals surface area contributed by atoms with Gasteiger partial charge in [0.05, 0.1) is 12.6 Å². The van der Waals surface area contributed by atoms with E-state index >= 15 is 0 Å². The number of benzene rings is 1. The van der Waals surface area contributed by atoms with Crippen LogP contribution in [0.3, 0.4) is 0 Å². The molecule has 1 aromatic carbocycles. The molecule has 1 amide bonds. The van der Waals surface area contributed by atoms with E-state index < -0.39 is 25.6 Å². The summed E-state index contributed by atoms with van der Waals surface area (Å²) in [6.45, 7) is 6.94. The number of ether oxygens (including phenoxy) is 2. The van der Waals surface area contributed by atoms with Crippen LogP contribution in [-0.2, 0) is 22.9 Å². The van der Waals surface area contributed by atoms with E-state index in [1.165, 1.54) is 14.2 Å². The van der Waals surface area contributed by atoms with Gasteiger partial charge in [-0.15, -0.1) is 0 Å². The van der Waals surface area contributed by atoms with Crippen molar-refractivity contribution in [2.45, 2.75) is 39.3 Å². The number of carbonyl (C=O) groups excluding carboxylic acids is 1. The molecule has 154 valence electrons. The van der Waals surface area contributed by atoms with E-state index in [-0.39, 0.29) is 13.2 Å². The van der Waals surface area contributed by atoms with Crippen LogP contribution >= 0.6 is 19.4 Å². The molecule has 0 aliphatic rings. The first kappa shape index (κ1) is 23.7. The Morgan fingerprint density at radius 1 is 1.22 bits per heavy atom. The van der Waals surface area contributed by atoms with Gasteiger partial charge < -0.3 is 14.8 Å². The molecular formula is C17H27ClNO7P. The highest BCUT2D eigenvalue weighted by Gasteiger charge is 2.27. The molecule has 0 heterocycles. The molecule has 1 N–H and O–H groups in total. The minimum atomic E-state index is -3.69. The molecule has 1 rings (SSSR count). The molecule has 10 heteroatoms. The largest absolute Gasteiger partial charge is 0.491 e. The normalized spacial score (nSPS) is 13.1. The number of nitrogens with one attached hydrogen (secondary N) is 1. The molecule has 8 nitrogen and oxygen atoms in total. The van der Waals surface area contributed by atoms with Crippen molar-refractivity contribution in [1.82, 2.24) is 5.32 Å². The zero-order valence-corrected chi connectivity index (χ0v) is 18.1. The molecule has 0 bridgehead atoms. The Bertz CT molecular complexity index is 670. The van der Waals surface area contributed by atoms with E-state index in [1.807, 2.05) is 6.92 Å². The molecule has 1 aromatic rings. The number of aryl methyl sites for hydroxylation is 1. The van der Waals surface area contributed by atoms with Crippen molar-refractivity contribution >= 4 is 25.5 Å². The van der Waals surface area contributed by atoms with E-state index in [4.69, 9.17) is 34.6 Å². The summed E-state index contributed by atoms with van der Waals surface area (Å²) in [5.41, 5.74) is 0.184. The highest BCUT2D eigenvalue weighted by atomic mass is 35.5. The fourth-order valence-electron chi connectivity index (χ4n) is 1.87. The lowest BCUT2D eigenvalue weighted by Crippen LogP contribution is -2.44. The maximum absolute atomic E-state index is 12.1. The Balaban J connectivity index is 2.77. The van der Waals surface area contributed by atoms with Gasteiger partial charge in [-0.1, -0.05) is 11.6 Å². The van der Waals surface area contributed by atoms with Crippen LogP contribution in [0.4, 0.5) is 4.79 Å². The number of phosphoric acid groups is 1. The van der Waals surface area contributed by atoms with Crippen LogP contribution < -0.4 is 10.1 Å². The van der Waals surface area contributed by atoms with Gasteiger partial charge in [-0.25, -0.2) is 9.36 Å². The number of hydrogen-bond donors (Lipinski definition) is 1. The molecule has 0 saturated heterocycles. The maximum atomic E-state index is 12.1. The summed E-state index contributed by atoms with van der Waals surface area (Å²) in [5.74, 6) is 0.564. The second-order valence-corrected chi connectivity index (χ2v) is 8.96. The van der Waals surface area contributed by atoms with E-state index in [1.54, 1.807) is 39.0 Å². The number of rotatable bonds is 9. The second kappa shape index (κ2) is 10.3. The van der Waals surface area contributed by atoms with Gasteiger partial charge in [0.25, 0.3) is 0 Å². The van der Waals surface area contributed by atoms with Crippen LogP contribution in [0.25, 0.3) is 0 Å². The van der Waals surface area contributed by atoms with E-state index in [2.05, 4.69) is 5.32 Å². The van der Waals surface area contributed by atoms with Crippen molar-refractivity contribution in [2.24, 2.45) is 0 Å². The van der Waals surface area contributed by atoms with Gasteiger partial charge in [-0.05, 0) is 51.5 Å². The summed E-state index contributed by atoms with van der Waals surface area (Å²) in [6, 6.07) is 4.51. The monoisotopic (exact) mass is 423 g/mol. The number of hydrogen-bond acceptors (Lipinski definition) is 7.